The van der Waals surface area contributed by atoms with E-state index in [0.29, 0.717) is 61.9 Å². The maximum atomic E-state index is 12.7. The first-order chi connectivity index (χ1) is 14.1. The number of ether oxygens (including phenoxy) is 2. The number of thiazole rings is 1. The van der Waals surface area contributed by atoms with Gasteiger partial charge in [0.25, 0.3) is 5.91 Å². The summed E-state index contributed by atoms with van der Waals surface area (Å²) < 4.78 is 12.9. The predicted molar refractivity (Wildman–Crippen MR) is 109 cm³/mol. The molecule has 0 radical (unpaired) electrons. The minimum absolute atomic E-state index is 0.0582. The number of carbonyl (C=O) groups excluding carboxylic acids is 2. The van der Waals surface area contributed by atoms with Crippen LogP contribution < -0.4 is 5.32 Å². The maximum absolute atomic E-state index is 12.7. The Labute approximate surface area is 174 Å². The quantitative estimate of drug-likeness (QED) is 0.570. The SMILES string of the molecule is CCc1nn(CCCOC(=O)c2scnc2C)c2c1C(=O)NCCCOCCC2. The van der Waals surface area contributed by atoms with Gasteiger partial charge >= 0.3 is 5.97 Å². The Morgan fingerprint density at radius 3 is 2.97 bits per heavy atom. The van der Waals surface area contributed by atoms with Crippen LogP contribution in [0.1, 0.15) is 63.3 Å². The third-order valence-electron chi connectivity index (χ3n) is 4.82. The molecule has 0 saturated carbocycles. The Morgan fingerprint density at radius 2 is 2.21 bits per heavy atom. The molecule has 0 fully saturated rings. The second kappa shape index (κ2) is 10.5. The van der Waals surface area contributed by atoms with Crippen molar-refractivity contribution in [1.82, 2.24) is 20.1 Å². The zero-order valence-electron chi connectivity index (χ0n) is 17.0. The second-order valence-corrected chi connectivity index (χ2v) is 7.78. The summed E-state index contributed by atoms with van der Waals surface area (Å²) >= 11 is 1.29. The molecule has 3 rings (SSSR count). The van der Waals surface area contributed by atoms with Crippen LogP contribution in [0.15, 0.2) is 5.51 Å². The van der Waals surface area contributed by atoms with Gasteiger partial charge in [-0.2, -0.15) is 5.10 Å². The van der Waals surface area contributed by atoms with Crippen LogP contribution in [0, 0.1) is 6.92 Å². The zero-order chi connectivity index (χ0) is 20.6. The van der Waals surface area contributed by atoms with Crippen LogP contribution in [0.5, 0.6) is 0 Å². The van der Waals surface area contributed by atoms with Crippen molar-refractivity contribution in [3.63, 3.8) is 0 Å². The molecule has 2 aromatic rings. The first-order valence-electron chi connectivity index (χ1n) is 10.1. The smallest absolute Gasteiger partial charge is 0.350 e. The van der Waals surface area contributed by atoms with Gasteiger partial charge in [-0.25, -0.2) is 9.78 Å². The molecule has 0 aliphatic carbocycles. The summed E-state index contributed by atoms with van der Waals surface area (Å²) in [4.78, 5) is 29.5. The minimum Gasteiger partial charge on any atom is -0.461 e. The van der Waals surface area contributed by atoms with Crippen LogP contribution in [0.4, 0.5) is 0 Å². The van der Waals surface area contributed by atoms with Gasteiger partial charge in [0.15, 0.2) is 0 Å². The van der Waals surface area contributed by atoms with E-state index in [1.165, 1.54) is 11.3 Å². The fourth-order valence-electron chi connectivity index (χ4n) is 3.35. The van der Waals surface area contributed by atoms with Crippen LogP contribution in [0.2, 0.25) is 0 Å². The third kappa shape index (κ3) is 5.42. The highest BCUT2D eigenvalue weighted by molar-refractivity contribution is 7.11. The molecule has 0 aromatic carbocycles. The molecule has 1 aliphatic heterocycles. The van der Waals surface area contributed by atoms with Crippen molar-refractivity contribution in [2.75, 3.05) is 26.4 Å². The number of esters is 1. The van der Waals surface area contributed by atoms with E-state index in [0.717, 1.165) is 30.7 Å². The summed E-state index contributed by atoms with van der Waals surface area (Å²) in [6.45, 7) is 6.61. The Bertz CT molecular complexity index is 846. The van der Waals surface area contributed by atoms with Gasteiger partial charge in [0.05, 0.1) is 34.8 Å². The average molecular weight is 421 g/mol. The van der Waals surface area contributed by atoms with Gasteiger partial charge in [0, 0.05) is 32.7 Å². The van der Waals surface area contributed by atoms with Gasteiger partial charge in [0.2, 0.25) is 0 Å². The summed E-state index contributed by atoms with van der Waals surface area (Å²) in [5.41, 5.74) is 4.79. The number of carbonyl (C=O) groups is 2. The number of aromatic nitrogens is 3. The van der Waals surface area contributed by atoms with Crippen molar-refractivity contribution in [2.45, 2.75) is 52.5 Å². The summed E-state index contributed by atoms with van der Waals surface area (Å²) in [6.07, 6.45) is 3.70. The van der Waals surface area contributed by atoms with E-state index in [1.54, 1.807) is 12.4 Å². The fourth-order valence-corrected chi connectivity index (χ4v) is 4.05. The molecular weight excluding hydrogens is 392 g/mol. The average Bonchev–Trinajstić information content (AvgIpc) is 3.29. The van der Waals surface area contributed by atoms with E-state index in [4.69, 9.17) is 9.47 Å². The normalized spacial score (nSPS) is 15.3. The lowest BCUT2D eigenvalue weighted by Gasteiger charge is -2.10. The highest BCUT2D eigenvalue weighted by atomic mass is 32.1. The first kappa shape index (κ1) is 21.4. The minimum atomic E-state index is -0.337. The molecule has 1 N–H and O–H groups in total. The lowest BCUT2D eigenvalue weighted by Crippen LogP contribution is -2.26. The maximum Gasteiger partial charge on any atom is 0.350 e. The fraction of sp³-hybridized carbons (Fsp3) is 0.600. The van der Waals surface area contributed by atoms with E-state index in [2.05, 4.69) is 15.4 Å². The molecule has 1 aliphatic rings. The molecule has 0 spiro atoms. The van der Waals surface area contributed by atoms with E-state index < -0.39 is 0 Å². The van der Waals surface area contributed by atoms with Gasteiger partial charge in [-0.15, -0.1) is 11.3 Å². The number of fused-ring (bicyclic) bond motifs is 1. The molecule has 1 amide bonds. The lowest BCUT2D eigenvalue weighted by atomic mass is 10.1. The summed E-state index contributed by atoms with van der Waals surface area (Å²) in [5, 5.41) is 7.66. The van der Waals surface area contributed by atoms with Gasteiger partial charge in [0.1, 0.15) is 4.88 Å². The van der Waals surface area contributed by atoms with Crippen LogP contribution in [-0.2, 0) is 28.9 Å². The van der Waals surface area contributed by atoms with Crippen molar-refractivity contribution in [1.29, 1.82) is 0 Å². The largest absolute Gasteiger partial charge is 0.461 e. The Balaban J connectivity index is 1.66. The van der Waals surface area contributed by atoms with Crippen molar-refractivity contribution in [3.05, 3.63) is 33.0 Å². The monoisotopic (exact) mass is 420 g/mol. The third-order valence-corrected chi connectivity index (χ3v) is 5.73. The van der Waals surface area contributed by atoms with Gasteiger partial charge in [-0.3, -0.25) is 9.48 Å². The summed E-state index contributed by atoms with van der Waals surface area (Å²) in [5.74, 6) is -0.396. The molecule has 2 aromatic heterocycles. The topological polar surface area (TPSA) is 95.3 Å². The molecule has 0 saturated heterocycles. The van der Waals surface area contributed by atoms with Crippen LogP contribution in [0.3, 0.4) is 0 Å². The Morgan fingerprint density at radius 1 is 1.38 bits per heavy atom. The Hall–Kier alpha value is -2.26. The van der Waals surface area contributed by atoms with Gasteiger partial charge in [-0.05, 0) is 32.6 Å². The first-order valence-corrected chi connectivity index (χ1v) is 11.0. The number of aryl methyl sites for hydroxylation is 3. The number of hydrogen-bond donors (Lipinski definition) is 1. The van der Waals surface area contributed by atoms with Crippen molar-refractivity contribution in [3.8, 4) is 0 Å². The van der Waals surface area contributed by atoms with Gasteiger partial charge in [-0.1, -0.05) is 6.92 Å². The number of hydrogen-bond acceptors (Lipinski definition) is 7. The molecule has 158 valence electrons. The van der Waals surface area contributed by atoms with E-state index >= 15 is 0 Å². The molecule has 9 heteroatoms. The van der Waals surface area contributed by atoms with Crippen LogP contribution in [-0.4, -0.2) is 53.0 Å². The predicted octanol–water partition coefficient (Wildman–Crippen LogP) is 2.54. The van der Waals surface area contributed by atoms with Crippen molar-refractivity contribution >= 4 is 23.2 Å². The molecule has 0 atom stereocenters. The summed E-state index contributed by atoms with van der Waals surface area (Å²) in [7, 11) is 0. The number of nitrogens with zero attached hydrogens (tertiary/aromatic N) is 3. The highest BCUT2D eigenvalue weighted by Gasteiger charge is 2.23. The Kier molecular flexibility index (Phi) is 7.76. The highest BCUT2D eigenvalue weighted by Crippen LogP contribution is 2.19. The standard InChI is InChI=1S/C20H28N4O4S/c1-3-15-17-16(7-4-10-27-11-5-8-21-19(17)25)24(23-15)9-6-12-28-20(26)18-14(2)22-13-29-18/h13H,3-12H2,1-2H3,(H,21,25). The summed E-state index contributed by atoms with van der Waals surface area (Å²) in [6, 6.07) is 0. The van der Waals surface area contributed by atoms with Crippen LogP contribution >= 0.6 is 11.3 Å². The van der Waals surface area contributed by atoms with Crippen molar-refractivity contribution in [2.24, 2.45) is 0 Å². The zero-order valence-corrected chi connectivity index (χ0v) is 17.8. The molecule has 29 heavy (non-hydrogen) atoms. The molecular formula is C20H28N4O4S. The van der Waals surface area contributed by atoms with E-state index in [1.807, 2.05) is 11.6 Å². The second-order valence-electron chi connectivity index (χ2n) is 6.93. The number of rotatable bonds is 6. The van der Waals surface area contributed by atoms with E-state index in [-0.39, 0.29) is 11.9 Å². The number of nitrogens with one attached hydrogen (secondary N) is 1. The van der Waals surface area contributed by atoms with Crippen LogP contribution in [0.25, 0.3) is 0 Å². The lowest BCUT2D eigenvalue weighted by molar-refractivity contribution is 0.0499. The molecule has 8 nitrogen and oxygen atoms in total. The van der Waals surface area contributed by atoms with Crippen molar-refractivity contribution < 1.29 is 19.1 Å². The molecule has 0 unspecified atom stereocenters. The van der Waals surface area contributed by atoms with E-state index in [9.17, 15) is 9.59 Å². The number of amides is 1. The molecule has 3 heterocycles. The van der Waals surface area contributed by atoms with Gasteiger partial charge < -0.3 is 14.8 Å². The molecule has 0 bridgehead atoms.